The van der Waals surface area contributed by atoms with Gasteiger partial charge in [0.15, 0.2) is 5.01 Å². The van der Waals surface area contributed by atoms with Crippen LogP contribution in [0.15, 0.2) is 5.38 Å². The maximum Gasteiger partial charge on any atom is 0.294 e. The van der Waals surface area contributed by atoms with Crippen molar-refractivity contribution in [2.24, 2.45) is 5.84 Å². The summed E-state index contributed by atoms with van der Waals surface area (Å²) in [4.78, 5) is 15.3. The Labute approximate surface area is 98.0 Å². The van der Waals surface area contributed by atoms with Gasteiger partial charge in [-0.1, -0.05) is 12.8 Å². The number of aromatic nitrogens is 1. The molecule has 3 N–H and O–H groups in total. The van der Waals surface area contributed by atoms with E-state index in [0.717, 1.165) is 18.5 Å². The minimum Gasteiger partial charge on any atom is -0.372 e. The van der Waals surface area contributed by atoms with Crippen molar-refractivity contribution in [3.8, 4) is 0 Å². The Morgan fingerprint density at radius 3 is 3.06 bits per heavy atom. The van der Waals surface area contributed by atoms with Crippen molar-refractivity contribution in [1.29, 1.82) is 0 Å². The number of nitrogens with one attached hydrogen (secondary N) is 1. The molecule has 5 nitrogen and oxygen atoms in total. The average Bonchev–Trinajstić information content (AvgIpc) is 2.96. The van der Waals surface area contributed by atoms with Crippen molar-refractivity contribution in [2.75, 3.05) is 0 Å². The lowest BCUT2D eigenvalue weighted by Crippen LogP contribution is -2.29. The number of hydrazine groups is 1. The molecule has 1 aliphatic rings. The second-order valence-corrected chi connectivity index (χ2v) is 4.69. The molecule has 0 bridgehead atoms. The molecule has 1 heterocycles. The zero-order valence-electron chi connectivity index (χ0n) is 8.94. The van der Waals surface area contributed by atoms with Crippen LogP contribution in [-0.2, 0) is 11.3 Å². The lowest BCUT2D eigenvalue weighted by Gasteiger charge is -2.08. The van der Waals surface area contributed by atoms with Crippen molar-refractivity contribution in [2.45, 2.75) is 38.4 Å². The van der Waals surface area contributed by atoms with Crippen LogP contribution in [0.3, 0.4) is 0 Å². The highest BCUT2D eigenvalue weighted by molar-refractivity contribution is 7.11. The zero-order chi connectivity index (χ0) is 11.4. The van der Waals surface area contributed by atoms with Crippen molar-refractivity contribution in [1.82, 2.24) is 10.4 Å². The van der Waals surface area contributed by atoms with E-state index in [-0.39, 0.29) is 5.91 Å². The standard InChI is InChI=1S/C10H15N3O2S/c11-13-9(14)10-12-7(6-16-10)5-15-8-3-1-2-4-8/h6,8H,1-5,11H2,(H,13,14). The van der Waals surface area contributed by atoms with Crippen LogP contribution in [0.2, 0.25) is 0 Å². The fraction of sp³-hybridized carbons (Fsp3) is 0.600. The van der Waals surface area contributed by atoms with Gasteiger partial charge < -0.3 is 4.74 Å². The maximum atomic E-state index is 11.2. The van der Waals surface area contributed by atoms with Gasteiger partial charge in [0.25, 0.3) is 5.91 Å². The number of carbonyl (C=O) groups is 1. The molecule has 1 saturated carbocycles. The Morgan fingerprint density at radius 2 is 2.38 bits per heavy atom. The molecule has 0 aliphatic heterocycles. The number of nitrogens with two attached hydrogens (primary N) is 1. The molecular formula is C10H15N3O2S. The van der Waals surface area contributed by atoms with Gasteiger partial charge in [0.1, 0.15) is 0 Å². The van der Waals surface area contributed by atoms with Crippen LogP contribution in [0.1, 0.15) is 41.2 Å². The number of rotatable bonds is 4. The van der Waals surface area contributed by atoms with Gasteiger partial charge in [-0.05, 0) is 12.8 Å². The van der Waals surface area contributed by atoms with Gasteiger partial charge in [-0.15, -0.1) is 11.3 Å². The molecule has 0 unspecified atom stereocenters. The van der Waals surface area contributed by atoms with E-state index in [0.29, 0.717) is 17.7 Å². The van der Waals surface area contributed by atoms with E-state index in [1.54, 1.807) is 0 Å². The molecule has 0 atom stereocenters. The summed E-state index contributed by atoms with van der Waals surface area (Å²) in [7, 11) is 0. The van der Waals surface area contributed by atoms with Gasteiger partial charge in [0, 0.05) is 5.38 Å². The van der Waals surface area contributed by atoms with Crippen molar-refractivity contribution in [3.05, 3.63) is 16.1 Å². The molecule has 1 aliphatic carbocycles. The molecule has 1 fully saturated rings. The molecule has 0 radical (unpaired) electrons. The van der Waals surface area contributed by atoms with Crippen LogP contribution in [0.25, 0.3) is 0 Å². The largest absolute Gasteiger partial charge is 0.372 e. The molecule has 1 aromatic heterocycles. The third-order valence-electron chi connectivity index (χ3n) is 2.65. The Balaban J connectivity index is 1.85. The second kappa shape index (κ2) is 5.38. The summed E-state index contributed by atoms with van der Waals surface area (Å²) in [6.45, 7) is 0.485. The molecule has 88 valence electrons. The third kappa shape index (κ3) is 2.78. The van der Waals surface area contributed by atoms with E-state index in [1.165, 1.54) is 24.2 Å². The predicted molar refractivity (Wildman–Crippen MR) is 60.8 cm³/mol. The lowest BCUT2D eigenvalue weighted by atomic mass is 10.3. The van der Waals surface area contributed by atoms with Crippen LogP contribution in [0.4, 0.5) is 0 Å². The van der Waals surface area contributed by atoms with E-state index in [9.17, 15) is 4.79 Å². The molecular weight excluding hydrogens is 226 g/mol. The molecule has 0 aromatic carbocycles. The Morgan fingerprint density at radius 1 is 1.62 bits per heavy atom. The van der Waals surface area contributed by atoms with Crippen LogP contribution >= 0.6 is 11.3 Å². The quantitative estimate of drug-likeness (QED) is 0.472. The van der Waals surface area contributed by atoms with Gasteiger partial charge in [0.05, 0.1) is 18.4 Å². The fourth-order valence-electron chi connectivity index (χ4n) is 1.80. The first-order valence-electron chi connectivity index (χ1n) is 5.36. The number of hydrogen-bond acceptors (Lipinski definition) is 5. The maximum absolute atomic E-state index is 11.2. The number of amides is 1. The second-order valence-electron chi connectivity index (χ2n) is 3.83. The van der Waals surface area contributed by atoms with Crippen molar-refractivity contribution in [3.63, 3.8) is 0 Å². The summed E-state index contributed by atoms with van der Waals surface area (Å²) in [6, 6.07) is 0. The van der Waals surface area contributed by atoms with E-state index in [2.05, 4.69) is 10.4 Å². The SMILES string of the molecule is NNC(=O)c1nc(COC2CCCC2)cs1. The van der Waals surface area contributed by atoms with E-state index in [4.69, 9.17) is 10.6 Å². The lowest BCUT2D eigenvalue weighted by molar-refractivity contribution is 0.0440. The highest BCUT2D eigenvalue weighted by Crippen LogP contribution is 2.22. The number of carbonyl (C=O) groups excluding carboxylic acids is 1. The van der Waals surface area contributed by atoms with Gasteiger partial charge in [-0.2, -0.15) is 0 Å². The first-order valence-corrected chi connectivity index (χ1v) is 6.24. The minimum absolute atomic E-state index is 0.350. The van der Waals surface area contributed by atoms with Crippen LogP contribution < -0.4 is 11.3 Å². The number of hydrogen-bond donors (Lipinski definition) is 2. The highest BCUT2D eigenvalue weighted by atomic mass is 32.1. The molecule has 16 heavy (non-hydrogen) atoms. The van der Waals surface area contributed by atoms with E-state index >= 15 is 0 Å². The van der Waals surface area contributed by atoms with E-state index < -0.39 is 0 Å². The van der Waals surface area contributed by atoms with Crippen LogP contribution in [0.5, 0.6) is 0 Å². The zero-order valence-corrected chi connectivity index (χ0v) is 9.76. The van der Waals surface area contributed by atoms with Gasteiger partial charge in [-0.3, -0.25) is 10.2 Å². The Hall–Kier alpha value is -0.980. The summed E-state index contributed by atoms with van der Waals surface area (Å²) >= 11 is 1.28. The van der Waals surface area contributed by atoms with Gasteiger partial charge in [-0.25, -0.2) is 10.8 Å². The molecule has 1 aromatic rings. The monoisotopic (exact) mass is 241 g/mol. The first kappa shape index (κ1) is 11.5. The molecule has 2 rings (SSSR count). The average molecular weight is 241 g/mol. The molecule has 1 amide bonds. The summed E-state index contributed by atoms with van der Waals surface area (Å²) in [5, 5.41) is 2.21. The van der Waals surface area contributed by atoms with Gasteiger partial charge in [0.2, 0.25) is 0 Å². The third-order valence-corrected chi connectivity index (χ3v) is 3.54. The summed E-state index contributed by atoms with van der Waals surface area (Å²) in [5.41, 5.74) is 2.86. The van der Waals surface area contributed by atoms with Crippen molar-refractivity contribution >= 4 is 17.2 Å². The topological polar surface area (TPSA) is 77.2 Å². The summed E-state index contributed by atoms with van der Waals surface area (Å²) < 4.78 is 5.70. The van der Waals surface area contributed by atoms with Crippen LogP contribution in [-0.4, -0.2) is 17.0 Å². The normalized spacial score (nSPS) is 16.6. The Kier molecular flexibility index (Phi) is 3.87. The van der Waals surface area contributed by atoms with Crippen molar-refractivity contribution < 1.29 is 9.53 Å². The Bertz CT molecular complexity index is 361. The van der Waals surface area contributed by atoms with Crippen LogP contribution in [0, 0.1) is 0 Å². The van der Waals surface area contributed by atoms with Gasteiger partial charge >= 0.3 is 0 Å². The summed E-state index contributed by atoms with van der Waals surface area (Å²) in [5.74, 6) is 4.67. The van der Waals surface area contributed by atoms with E-state index in [1.807, 2.05) is 5.38 Å². The molecule has 0 saturated heterocycles. The number of nitrogen functional groups attached to an aromatic ring is 1. The highest BCUT2D eigenvalue weighted by Gasteiger charge is 2.16. The first-order chi connectivity index (χ1) is 7.79. The summed E-state index contributed by atoms with van der Waals surface area (Å²) in [6.07, 6.45) is 5.15. The molecule has 6 heteroatoms. The number of thiazole rings is 1. The minimum atomic E-state index is -0.350. The number of ether oxygens (including phenoxy) is 1. The fourth-order valence-corrected chi connectivity index (χ4v) is 2.50. The molecule has 0 spiro atoms. The smallest absolute Gasteiger partial charge is 0.294 e. The number of nitrogens with zero attached hydrogens (tertiary/aromatic N) is 1. The predicted octanol–water partition coefficient (Wildman–Crippen LogP) is 1.21.